The lowest BCUT2D eigenvalue weighted by Gasteiger charge is -2.29. The molecule has 0 aliphatic rings. The van der Waals surface area contributed by atoms with Gasteiger partial charge in [0.05, 0.1) is 5.60 Å². The Balaban J connectivity index is 2.81. The average Bonchev–Trinajstić information content (AvgIpc) is 2.29. The van der Waals surface area contributed by atoms with Gasteiger partial charge in [-0.1, -0.05) is 18.2 Å². The Morgan fingerprint density at radius 3 is 2.26 bits per heavy atom. The normalized spacial score (nSPS) is 13.6. The molecule has 1 atom stereocenters. The van der Waals surface area contributed by atoms with Crippen molar-refractivity contribution in [2.45, 2.75) is 52.9 Å². The van der Waals surface area contributed by atoms with Crippen LogP contribution in [0, 0.1) is 13.8 Å². The van der Waals surface area contributed by atoms with Crippen LogP contribution in [-0.4, -0.2) is 24.9 Å². The minimum Gasteiger partial charge on any atom is -0.357 e. The summed E-state index contributed by atoms with van der Waals surface area (Å²) in [5, 5.41) is 3.38. The third-order valence-corrected chi connectivity index (χ3v) is 3.05. The average molecular weight is 264 g/mol. The Morgan fingerprint density at radius 2 is 1.79 bits per heavy atom. The second kappa shape index (κ2) is 7.04. The molecule has 3 heteroatoms. The molecule has 0 heterocycles. The van der Waals surface area contributed by atoms with Crippen LogP contribution >= 0.6 is 0 Å². The van der Waals surface area contributed by atoms with Crippen LogP contribution in [0.15, 0.2) is 18.2 Å². The van der Waals surface area contributed by atoms with Gasteiger partial charge in [0.25, 0.3) is 0 Å². The monoisotopic (exact) mass is 264 g/mol. The van der Waals surface area contributed by atoms with Gasteiger partial charge in [-0.15, -0.1) is 0 Å². The SMILES string of the molecule is Cc1cccc(C)c1C[C@H](NCCN)OC(C)(C)C. The molecule has 0 aromatic heterocycles. The summed E-state index contributed by atoms with van der Waals surface area (Å²) in [5.41, 5.74) is 9.41. The maximum atomic E-state index is 6.09. The lowest BCUT2D eigenvalue weighted by atomic mass is 9.99. The number of ether oxygens (including phenoxy) is 1. The second-order valence-corrected chi connectivity index (χ2v) is 6.04. The molecule has 0 radical (unpaired) electrons. The van der Waals surface area contributed by atoms with Gasteiger partial charge in [-0.3, -0.25) is 5.32 Å². The van der Waals surface area contributed by atoms with Gasteiger partial charge in [-0.25, -0.2) is 0 Å². The summed E-state index contributed by atoms with van der Waals surface area (Å²) in [7, 11) is 0. The molecule has 3 N–H and O–H groups in total. The quantitative estimate of drug-likeness (QED) is 0.776. The number of aryl methyl sites for hydroxylation is 2. The van der Waals surface area contributed by atoms with Crippen LogP contribution in [0.5, 0.6) is 0 Å². The van der Waals surface area contributed by atoms with E-state index in [2.05, 4.69) is 58.1 Å². The Hall–Kier alpha value is -0.900. The molecule has 0 spiro atoms. The van der Waals surface area contributed by atoms with Crippen molar-refractivity contribution in [2.75, 3.05) is 13.1 Å². The highest BCUT2D eigenvalue weighted by molar-refractivity contribution is 5.33. The molecule has 3 nitrogen and oxygen atoms in total. The van der Waals surface area contributed by atoms with E-state index in [9.17, 15) is 0 Å². The zero-order valence-electron chi connectivity index (χ0n) is 12.9. The van der Waals surface area contributed by atoms with Crippen LogP contribution in [-0.2, 0) is 11.2 Å². The second-order valence-electron chi connectivity index (χ2n) is 6.04. The molecule has 0 aliphatic heterocycles. The van der Waals surface area contributed by atoms with Crippen LogP contribution < -0.4 is 11.1 Å². The Labute approximate surface area is 117 Å². The fourth-order valence-electron chi connectivity index (χ4n) is 2.18. The van der Waals surface area contributed by atoms with Gasteiger partial charge < -0.3 is 10.5 Å². The van der Waals surface area contributed by atoms with Gasteiger partial charge in [0.15, 0.2) is 0 Å². The number of rotatable bonds is 6. The van der Waals surface area contributed by atoms with Gasteiger partial charge in [0.1, 0.15) is 6.23 Å². The molecule has 0 saturated carbocycles. The Kier molecular flexibility index (Phi) is 5.98. The predicted molar refractivity (Wildman–Crippen MR) is 81.3 cm³/mol. The number of hydrogen-bond acceptors (Lipinski definition) is 3. The number of hydrogen-bond donors (Lipinski definition) is 2. The third kappa shape index (κ3) is 5.72. The van der Waals surface area contributed by atoms with Crippen LogP contribution in [0.25, 0.3) is 0 Å². The van der Waals surface area contributed by atoms with Crippen molar-refractivity contribution >= 4 is 0 Å². The van der Waals surface area contributed by atoms with Gasteiger partial charge in [0.2, 0.25) is 0 Å². The molecule has 1 rings (SSSR count). The van der Waals surface area contributed by atoms with Crippen LogP contribution in [0.1, 0.15) is 37.5 Å². The van der Waals surface area contributed by atoms with E-state index in [1.54, 1.807) is 0 Å². The number of benzene rings is 1. The molecule has 0 aliphatic carbocycles. The van der Waals surface area contributed by atoms with Crippen molar-refractivity contribution in [1.29, 1.82) is 0 Å². The van der Waals surface area contributed by atoms with E-state index in [0.29, 0.717) is 6.54 Å². The molecule has 0 unspecified atom stereocenters. The summed E-state index contributed by atoms with van der Waals surface area (Å²) < 4.78 is 6.09. The molecule has 0 bridgehead atoms. The summed E-state index contributed by atoms with van der Waals surface area (Å²) >= 11 is 0. The van der Waals surface area contributed by atoms with Crippen LogP contribution in [0.2, 0.25) is 0 Å². The smallest absolute Gasteiger partial charge is 0.112 e. The maximum Gasteiger partial charge on any atom is 0.112 e. The zero-order valence-corrected chi connectivity index (χ0v) is 12.9. The first kappa shape index (κ1) is 16.2. The van der Waals surface area contributed by atoms with E-state index in [0.717, 1.165) is 13.0 Å². The van der Waals surface area contributed by atoms with Gasteiger partial charge in [-0.05, 0) is 51.3 Å². The zero-order chi connectivity index (χ0) is 14.5. The van der Waals surface area contributed by atoms with Crippen molar-refractivity contribution in [3.05, 3.63) is 34.9 Å². The molecule has 1 aromatic rings. The molecule has 0 amide bonds. The van der Waals surface area contributed by atoms with Gasteiger partial charge in [0, 0.05) is 19.5 Å². The maximum absolute atomic E-state index is 6.09. The largest absolute Gasteiger partial charge is 0.357 e. The van der Waals surface area contributed by atoms with Gasteiger partial charge in [-0.2, -0.15) is 0 Å². The van der Waals surface area contributed by atoms with Crippen LogP contribution in [0.4, 0.5) is 0 Å². The summed E-state index contributed by atoms with van der Waals surface area (Å²) in [4.78, 5) is 0. The minimum atomic E-state index is -0.164. The van der Waals surface area contributed by atoms with Crippen molar-refractivity contribution in [1.82, 2.24) is 5.32 Å². The summed E-state index contributed by atoms with van der Waals surface area (Å²) in [6.07, 6.45) is 0.874. The van der Waals surface area contributed by atoms with E-state index in [1.165, 1.54) is 16.7 Å². The fourth-order valence-corrected chi connectivity index (χ4v) is 2.18. The molecule has 0 fully saturated rings. The number of nitrogens with two attached hydrogens (primary N) is 1. The summed E-state index contributed by atoms with van der Waals surface area (Å²) in [6, 6.07) is 6.40. The van der Waals surface area contributed by atoms with Crippen molar-refractivity contribution in [2.24, 2.45) is 5.73 Å². The van der Waals surface area contributed by atoms with Crippen molar-refractivity contribution in [3.63, 3.8) is 0 Å². The molecule has 108 valence electrons. The first-order valence-corrected chi connectivity index (χ1v) is 7.00. The molecular formula is C16H28N2O. The predicted octanol–water partition coefficient (Wildman–Crippen LogP) is 2.54. The number of nitrogens with one attached hydrogen (secondary N) is 1. The first-order valence-electron chi connectivity index (χ1n) is 7.00. The van der Waals surface area contributed by atoms with E-state index in [1.807, 2.05) is 0 Å². The van der Waals surface area contributed by atoms with Crippen molar-refractivity contribution in [3.8, 4) is 0 Å². The molecule has 1 aromatic carbocycles. The van der Waals surface area contributed by atoms with Crippen LogP contribution in [0.3, 0.4) is 0 Å². The lowest BCUT2D eigenvalue weighted by molar-refractivity contribution is -0.0736. The summed E-state index contributed by atoms with van der Waals surface area (Å²) in [6.45, 7) is 11.9. The highest BCUT2D eigenvalue weighted by atomic mass is 16.5. The van der Waals surface area contributed by atoms with Crippen molar-refractivity contribution < 1.29 is 4.74 Å². The molecule has 0 saturated heterocycles. The molecule has 19 heavy (non-hydrogen) atoms. The topological polar surface area (TPSA) is 47.3 Å². The van der Waals surface area contributed by atoms with E-state index in [4.69, 9.17) is 10.5 Å². The fraction of sp³-hybridized carbons (Fsp3) is 0.625. The highest BCUT2D eigenvalue weighted by Gasteiger charge is 2.19. The first-order chi connectivity index (χ1) is 8.83. The lowest BCUT2D eigenvalue weighted by Crippen LogP contribution is -2.42. The third-order valence-electron chi connectivity index (χ3n) is 3.05. The van der Waals surface area contributed by atoms with Gasteiger partial charge >= 0.3 is 0 Å². The standard InChI is InChI=1S/C16H28N2O/c1-12-7-6-8-13(2)14(12)11-15(18-10-9-17)19-16(3,4)5/h6-8,15,18H,9-11,17H2,1-5H3/t15-/m1/s1. The van der Waals surface area contributed by atoms with E-state index < -0.39 is 0 Å². The Bertz CT molecular complexity index is 376. The van der Waals surface area contributed by atoms with E-state index in [-0.39, 0.29) is 11.8 Å². The summed E-state index contributed by atoms with van der Waals surface area (Å²) in [5.74, 6) is 0. The minimum absolute atomic E-state index is 0.00310. The Morgan fingerprint density at radius 1 is 1.21 bits per heavy atom. The highest BCUT2D eigenvalue weighted by Crippen LogP contribution is 2.18. The molecular weight excluding hydrogens is 236 g/mol. The van der Waals surface area contributed by atoms with E-state index >= 15 is 0 Å².